The van der Waals surface area contributed by atoms with Crippen molar-refractivity contribution in [3.05, 3.63) is 28.7 Å². The Morgan fingerprint density at radius 3 is 2.68 bits per heavy atom. The van der Waals surface area contributed by atoms with E-state index < -0.39 is 0 Å². The first kappa shape index (κ1) is 23.7. The molecule has 2 N–H and O–H groups in total. The minimum absolute atomic E-state index is 0. The molecule has 2 aliphatic rings. The van der Waals surface area contributed by atoms with E-state index in [1.165, 1.54) is 31.7 Å². The maximum absolute atomic E-state index is 4.42. The van der Waals surface area contributed by atoms with E-state index in [-0.39, 0.29) is 24.0 Å². The van der Waals surface area contributed by atoms with Gasteiger partial charge in [-0.2, -0.15) is 0 Å². The van der Waals surface area contributed by atoms with Gasteiger partial charge >= 0.3 is 0 Å². The number of hydrogen-bond donors (Lipinski definition) is 2. The van der Waals surface area contributed by atoms with Gasteiger partial charge in [0.2, 0.25) is 0 Å². The number of anilines is 1. The molecule has 2 heterocycles. The molecule has 1 aromatic rings. The number of rotatable bonds is 5. The van der Waals surface area contributed by atoms with Crippen molar-refractivity contribution in [1.82, 2.24) is 20.4 Å². The Hall–Kier alpha value is -0.580. The number of benzene rings is 1. The summed E-state index contributed by atoms with van der Waals surface area (Å²) in [6.45, 7) is 8.84. The van der Waals surface area contributed by atoms with Crippen LogP contribution in [0.4, 0.5) is 5.69 Å². The van der Waals surface area contributed by atoms with Crippen LogP contribution in [0.2, 0.25) is 0 Å². The van der Waals surface area contributed by atoms with Crippen molar-refractivity contribution in [2.75, 3.05) is 71.4 Å². The number of hydrogen-bond acceptors (Lipinski definition) is 4. The number of likely N-dealkylation sites (N-methyl/N-ethyl adjacent to an activating group) is 1. The van der Waals surface area contributed by atoms with Crippen molar-refractivity contribution >= 4 is 51.6 Å². The molecule has 8 heteroatoms. The molecule has 1 aromatic carbocycles. The van der Waals surface area contributed by atoms with Gasteiger partial charge in [0, 0.05) is 62.5 Å². The van der Waals surface area contributed by atoms with Crippen molar-refractivity contribution in [1.29, 1.82) is 0 Å². The van der Waals surface area contributed by atoms with Crippen molar-refractivity contribution in [3.63, 3.8) is 0 Å². The smallest absolute Gasteiger partial charge is 0.191 e. The lowest BCUT2D eigenvalue weighted by Gasteiger charge is -2.22. The number of halogens is 2. The molecule has 1 unspecified atom stereocenters. The third-order valence-corrected chi connectivity index (χ3v) is 6.01. The lowest BCUT2D eigenvalue weighted by molar-refractivity contribution is 0.280. The average molecular weight is 565 g/mol. The summed E-state index contributed by atoms with van der Waals surface area (Å²) in [4.78, 5) is 11.8. The van der Waals surface area contributed by atoms with Gasteiger partial charge in [-0.3, -0.25) is 4.99 Å². The summed E-state index contributed by atoms with van der Waals surface area (Å²) in [5.41, 5.74) is 1.29. The molecule has 3 rings (SSSR count). The van der Waals surface area contributed by atoms with Crippen LogP contribution >= 0.6 is 39.9 Å². The van der Waals surface area contributed by atoms with E-state index in [2.05, 4.69) is 77.6 Å². The van der Waals surface area contributed by atoms with E-state index in [0.717, 1.165) is 49.6 Å². The Labute approximate surface area is 195 Å². The van der Waals surface area contributed by atoms with E-state index in [9.17, 15) is 0 Å². The van der Waals surface area contributed by atoms with Crippen molar-refractivity contribution in [2.45, 2.75) is 18.9 Å². The molecular formula is C20H34BrIN6. The zero-order valence-electron chi connectivity index (χ0n) is 17.0. The normalized spacial score (nSPS) is 21.9. The Balaban J connectivity index is 0.00000280. The van der Waals surface area contributed by atoms with E-state index >= 15 is 0 Å². The topological polar surface area (TPSA) is 46.1 Å². The first-order valence-corrected chi connectivity index (χ1v) is 10.8. The lowest BCUT2D eigenvalue weighted by atomic mass is 10.3. The molecule has 0 aromatic heterocycles. The van der Waals surface area contributed by atoms with E-state index in [1.54, 1.807) is 0 Å². The van der Waals surface area contributed by atoms with Gasteiger partial charge in [-0.1, -0.05) is 15.9 Å². The Morgan fingerprint density at radius 2 is 1.93 bits per heavy atom. The first-order valence-electron chi connectivity index (χ1n) is 10.0. The summed E-state index contributed by atoms with van der Waals surface area (Å²) < 4.78 is 1.13. The predicted octanol–water partition coefficient (Wildman–Crippen LogP) is 2.45. The van der Waals surface area contributed by atoms with Crippen molar-refractivity contribution < 1.29 is 0 Å². The van der Waals surface area contributed by atoms with Gasteiger partial charge in [-0.05, 0) is 57.2 Å². The standard InChI is InChI=1S/C20H33BrN6.HI/c1-22-20(23-9-13-26-11-3-10-25(2)14-15-26)24-18-8-12-27(16-18)19-6-4-17(21)5-7-19;/h4-7,18H,3,8-16H2,1-2H3,(H2,22,23,24);1H. The summed E-state index contributed by atoms with van der Waals surface area (Å²) in [6.07, 6.45) is 2.40. The van der Waals surface area contributed by atoms with Gasteiger partial charge in [-0.25, -0.2) is 0 Å². The Morgan fingerprint density at radius 1 is 1.14 bits per heavy atom. The fraction of sp³-hybridized carbons (Fsp3) is 0.650. The third-order valence-electron chi connectivity index (χ3n) is 5.48. The van der Waals surface area contributed by atoms with Crippen LogP contribution in [0.5, 0.6) is 0 Å². The summed E-state index contributed by atoms with van der Waals surface area (Å²) in [6, 6.07) is 9.01. The van der Waals surface area contributed by atoms with Crippen LogP contribution in [0, 0.1) is 0 Å². The second-order valence-corrected chi connectivity index (χ2v) is 8.47. The summed E-state index contributed by atoms with van der Waals surface area (Å²) in [5, 5.41) is 7.09. The van der Waals surface area contributed by atoms with Gasteiger partial charge < -0.3 is 25.3 Å². The van der Waals surface area contributed by atoms with Crippen LogP contribution in [0.3, 0.4) is 0 Å². The van der Waals surface area contributed by atoms with Crippen LogP contribution < -0.4 is 15.5 Å². The minimum Gasteiger partial charge on any atom is -0.369 e. The lowest BCUT2D eigenvalue weighted by Crippen LogP contribution is -2.46. The van der Waals surface area contributed by atoms with Gasteiger partial charge in [0.15, 0.2) is 5.96 Å². The monoisotopic (exact) mass is 564 g/mol. The molecule has 0 spiro atoms. The molecule has 2 fully saturated rings. The third kappa shape index (κ3) is 7.35. The zero-order chi connectivity index (χ0) is 19.1. The van der Waals surface area contributed by atoms with Crippen molar-refractivity contribution in [2.24, 2.45) is 4.99 Å². The molecule has 0 saturated carbocycles. The minimum atomic E-state index is 0. The van der Waals surface area contributed by atoms with Crippen LogP contribution in [0.1, 0.15) is 12.8 Å². The molecular weight excluding hydrogens is 531 g/mol. The highest BCUT2D eigenvalue weighted by Crippen LogP contribution is 2.22. The number of nitrogens with zero attached hydrogens (tertiary/aromatic N) is 4. The van der Waals surface area contributed by atoms with Crippen LogP contribution in [0.15, 0.2) is 33.7 Å². The van der Waals surface area contributed by atoms with Crippen LogP contribution in [-0.2, 0) is 0 Å². The second kappa shape index (κ2) is 12.2. The molecule has 6 nitrogen and oxygen atoms in total. The van der Waals surface area contributed by atoms with Gasteiger partial charge in [0.05, 0.1) is 0 Å². The summed E-state index contributed by atoms with van der Waals surface area (Å²) in [5.74, 6) is 0.921. The van der Waals surface area contributed by atoms with E-state index in [1.807, 2.05) is 7.05 Å². The zero-order valence-corrected chi connectivity index (χ0v) is 20.9. The maximum Gasteiger partial charge on any atom is 0.191 e. The second-order valence-electron chi connectivity index (χ2n) is 7.55. The molecule has 0 amide bonds. The highest BCUT2D eigenvalue weighted by atomic mass is 127. The quantitative estimate of drug-likeness (QED) is 0.327. The molecule has 158 valence electrons. The van der Waals surface area contributed by atoms with Crippen LogP contribution in [0.25, 0.3) is 0 Å². The summed E-state index contributed by atoms with van der Waals surface area (Å²) >= 11 is 3.51. The highest BCUT2D eigenvalue weighted by molar-refractivity contribution is 14.0. The molecule has 0 bridgehead atoms. The molecule has 2 aliphatic heterocycles. The molecule has 0 aliphatic carbocycles. The Kier molecular flexibility index (Phi) is 10.3. The number of aliphatic imine (C=N–C) groups is 1. The Bertz CT molecular complexity index is 611. The molecule has 2 saturated heterocycles. The maximum atomic E-state index is 4.42. The highest BCUT2D eigenvalue weighted by Gasteiger charge is 2.23. The molecule has 1 atom stereocenters. The number of nitrogens with one attached hydrogen (secondary N) is 2. The van der Waals surface area contributed by atoms with Crippen LogP contribution in [-0.4, -0.2) is 88.3 Å². The van der Waals surface area contributed by atoms with E-state index in [4.69, 9.17) is 0 Å². The average Bonchev–Trinajstić information content (AvgIpc) is 3.03. The number of guanidine groups is 1. The van der Waals surface area contributed by atoms with E-state index in [0.29, 0.717) is 6.04 Å². The SMILES string of the molecule is CN=C(NCCN1CCCN(C)CC1)NC1CCN(c2ccc(Br)cc2)C1.I. The van der Waals surface area contributed by atoms with Gasteiger partial charge in [-0.15, -0.1) is 24.0 Å². The molecule has 0 radical (unpaired) electrons. The summed E-state index contributed by atoms with van der Waals surface area (Å²) in [7, 11) is 4.07. The largest absolute Gasteiger partial charge is 0.369 e. The predicted molar refractivity (Wildman–Crippen MR) is 133 cm³/mol. The first-order chi connectivity index (χ1) is 13.1. The van der Waals surface area contributed by atoms with Gasteiger partial charge in [0.1, 0.15) is 0 Å². The fourth-order valence-corrected chi connectivity index (χ4v) is 4.07. The van der Waals surface area contributed by atoms with Crippen molar-refractivity contribution in [3.8, 4) is 0 Å². The fourth-order valence-electron chi connectivity index (χ4n) is 3.81. The van der Waals surface area contributed by atoms with Gasteiger partial charge in [0.25, 0.3) is 0 Å². The molecule has 28 heavy (non-hydrogen) atoms.